The molecule has 0 radical (unpaired) electrons. The molecule has 0 saturated carbocycles. The molecule has 2 N–H and O–H groups in total. The summed E-state index contributed by atoms with van der Waals surface area (Å²) in [6, 6.07) is 18.0. The van der Waals surface area contributed by atoms with Crippen LogP contribution in [0.15, 0.2) is 60.7 Å². The molecule has 0 aliphatic carbocycles. The molecule has 21 heavy (non-hydrogen) atoms. The van der Waals surface area contributed by atoms with Gasteiger partial charge in [0.15, 0.2) is 5.54 Å². The first-order chi connectivity index (χ1) is 9.23. The minimum atomic E-state index is -1.14. The van der Waals surface area contributed by atoms with Gasteiger partial charge in [-0.25, -0.2) is 4.79 Å². The Morgan fingerprint density at radius 3 is 1.57 bits per heavy atom. The van der Waals surface area contributed by atoms with Gasteiger partial charge in [0.05, 0.1) is 0 Å². The van der Waals surface area contributed by atoms with Crippen LogP contribution in [-0.2, 0) is 10.3 Å². The standard InChI is InChI=1S/C15H12N2O2.ClH.Mg.2H/c18-13-15(17-14(19)16-13,11-7-3-1-4-8-11)12-9-5-2-6-10-12;;;;/h1-10H,(H2,16,17,18,19);1H;;;/q;;+2;2*-1. The number of carbonyl (C=O) groups is 2. The molecule has 1 aliphatic rings. The van der Waals surface area contributed by atoms with Gasteiger partial charge in [-0.1, -0.05) is 60.7 Å². The Bertz CT molecular complexity index is 605. The Labute approximate surface area is 147 Å². The van der Waals surface area contributed by atoms with Gasteiger partial charge in [0.25, 0.3) is 5.91 Å². The summed E-state index contributed by atoms with van der Waals surface area (Å²) in [5.74, 6) is -0.352. The summed E-state index contributed by atoms with van der Waals surface area (Å²) in [7, 11) is 0. The maximum absolute atomic E-state index is 12.3. The average molecular weight is 315 g/mol. The number of rotatable bonds is 2. The monoisotopic (exact) mass is 314 g/mol. The van der Waals surface area contributed by atoms with Crippen LogP contribution in [0.25, 0.3) is 0 Å². The van der Waals surface area contributed by atoms with Crippen molar-refractivity contribution in [3.8, 4) is 0 Å². The summed E-state index contributed by atoms with van der Waals surface area (Å²) in [6.45, 7) is 0. The quantitative estimate of drug-likeness (QED) is 0.658. The van der Waals surface area contributed by atoms with Crippen molar-refractivity contribution in [2.45, 2.75) is 5.54 Å². The molecule has 3 rings (SSSR count). The van der Waals surface area contributed by atoms with E-state index in [-0.39, 0.29) is 44.2 Å². The van der Waals surface area contributed by atoms with Crippen LogP contribution in [0.4, 0.5) is 4.79 Å². The number of nitrogens with one attached hydrogen (secondary N) is 2. The van der Waals surface area contributed by atoms with E-state index in [1.54, 1.807) is 0 Å². The van der Waals surface area contributed by atoms with Crippen molar-refractivity contribution in [1.29, 1.82) is 0 Å². The largest absolute Gasteiger partial charge is 2.00 e. The molecular weight excluding hydrogens is 300 g/mol. The van der Waals surface area contributed by atoms with Crippen LogP contribution in [0.2, 0.25) is 0 Å². The van der Waals surface area contributed by atoms with E-state index in [2.05, 4.69) is 10.6 Å². The van der Waals surface area contributed by atoms with Crippen LogP contribution in [0.5, 0.6) is 0 Å². The van der Waals surface area contributed by atoms with E-state index >= 15 is 0 Å². The van der Waals surface area contributed by atoms with Crippen LogP contribution < -0.4 is 10.6 Å². The van der Waals surface area contributed by atoms with Gasteiger partial charge in [0.2, 0.25) is 0 Å². The van der Waals surface area contributed by atoms with E-state index in [1.807, 2.05) is 60.7 Å². The third-order valence-corrected chi connectivity index (χ3v) is 3.28. The summed E-state index contributed by atoms with van der Waals surface area (Å²) in [6.07, 6.45) is 0. The second kappa shape index (κ2) is 6.93. The van der Waals surface area contributed by atoms with Crippen molar-refractivity contribution in [3.05, 3.63) is 71.8 Å². The van der Waals surface area contributed by atoms with E-state index in [9.17, 15) is 9.59 Å². The van der Waals surface area contributed by atoms with Crippen molar-refractivity contribution in [3.63, 3.8) is 0 Å². The van der Waals surface area contributed by atoms with Gasteiger partial charge >= 0.3 is 29.1 Å². The topological polar surface area (TPSA) is 58.2 Å². The van der Waals surface area contributed by atoms with E-state index in [0.29, 0.717) is 0 Å². The molecule has 0 bridgehead atoms. The number of hydrogen-bond acceptors (Lipinski definition) is 2. The molecule has 106 valence electrons. The number of carbonyl (C=O) groups excluding carboxylic acids is 2. The molecule has 1 aliphatic heterocycles. The fraction of sp³-hybridized carbons (Fsp3) is 0.0667. The number of urea groups is 1. The Morgan fingerprint density at radius 1 is 0.810 bits per heavy atom. The number of halogens is 1. The third kappa shape index (κ3) is 2.90. The maximum atomic E-state index is 12.3. The predicted molar refractivity (Wildman–Crippen MR) is 85.6 cm³/mol. The zero-order chi connectivity index (χ0) is 13.3. The van der Waals surface area contributed by atoms with E-state index in [1.165, 1.54) is 0 Å². The van der Waals surface area contributed by atoms with Crippen molar-refractivity contribution >= 4 is 47.4 Å². The van der Waals surface area contributed by atoms with E-state index < -0.39 is 11.6 Å². The van der Waals surface area contributed by atoms with Crippen LogP contribution >= 0.6 is 12.4 Å². The molecule has 1 heterocycles. The van der Waals surface area contributed by atoms with Gasteiger partial charge in [-0.05, 0) is 11.1 Å². The fourth-order valence-electron chi connectivity index (χ4n) is 2.40. The Morgan fingerprint density at radius 2 is 1.24 bits per heavy atom. The minimum Gasteiger partial charge on any atom is -1.00 e. The summed E-state index contributed by atoms with van der Waals surface area (Å²) in [4.78, 5) is 23.9. The predicted octanol–water partition coefficient (Wildman–Crippen LogP) is 2.04. The molecule has 6 heteroatoms. The Balaban J connectivity index is 0. The number of amides is 3. The van der Waals surface area contributed by atoms with Crippen molar-refractivity contribution in [2.75, 3.05) is 0 Å². The molecule has 0 aromatic heterocycles. The first-order valence-electron chi connectivity index (χ1n) is 5.98. The zero-order valence-electron chi connectivity index (χ0n) is 13.2. The second-order valence-electron chi connectivity index (χ2n) is 4.39. The van der Waals surface area contributed by atoms with Gasteiger partial charge < -0.3 is 8.17 Å². The van der Waals surface area contributed by atoms with Crippen LogP contribution in [0.3, 0.4) is 0 Å². The van der Waals surface area contributed by atoms with Gasteiger partial charge in [0, 0.05) is 0 Å². The SMILES string of the molecule is Cl.O=C1NC(=O)C(c2ccccc2)(c2ccccc2)N1.[H-].[H-].[Mg+2]. The molecule has 2 aromatic carbocycles. The number of imide groups is 1. The van der Waals surface area contributed by atoms with Gasteiger partial charge in [0.1, 0.15) is 0 Å². The average Bonchev–Trinajstić information content (AvgIpc) is 2.76. The summed E-state index contributed by atoms with van der Waals surface area (Å²) < 4.78 is 0. The molecule has 0 atom stereocenters. The first-order valence-corrected chi connectivity index (χ1v) is 5.98. The van der Waals surface area contributed by atoms with Gasteiger partial charge in [-0.2, -0.15) is 0 Å². The van der Waals surface area contributed by atoms with Crippen molar-refractivity contribution < 1.29 is 12.4 Å². The molecular formula is C15H15ClMgN2O2. The van der Waals surface area contributed by atoms with Crippen molar-refractivity contribution in [2.24, 2.45) is 0 Å². The van der Waals surface area contributed by atoms with Gasteiger partial charge in [-0.3, -0.25) is 10.1 Å². The maximum Gasteiger partial charge on any atom is 2.00 e. The van der Waals surface area contributed by atoms with E-state index in [4.69, 9.17) is 0 Å². The minimum absolute atomic E-state index is 0. The summed E-state index contributed by atoms with van der Waals surface area (Å²) in [5, 5.41) is 5.07. The smallest absolute Gasteiger partial charge is 1.00 e. The molecule has 1 saturated heterocycles. The van der Waals surface area contributed by atoms with E-state index in [0.717, 1.165) is 11.1 Å². The number of benzene rings is 2. The fourth-order valence-corrected chi connectivity index (χ4v) is 2.40. The van der Waals surface area contributed by atoms with Crippen molar-refractivity contribution in [1.82, 2.24) is 10.6 Å². The first kappa shape index (κ1) is 17.5. The third-order valence-electron chi connectivity index (χ3n) is 3.28. The van der Waals surface area contributed by atoms with Crippen LogP contribution in [-0.4, -0.2) is 35.0 Å². The number of hydrogen-bond donors (Lipinski definition) is 2. The Hall–Kier alpha value is -1.56. The molecule has 2 aromatic rings. The van der Waals surface area contributed by atoms with Crippen LogP contribution in [0, 0.1) is 0 Å². The Kier molecular flexibility index (Phi) is 5.77. The zero-order valence-corrected chi connectivity index (χ0v) is 13.4. The van der Waals surface area contributed by atoms with Crippen LogP contribution in [0.1, 0.15) is 14.0 Å². The molecule has 0 unspecified atom stereocenters. The molecule has 0 spiro atoms. The van der Waals surface area contributed by atoms with Gasteiger partial charge in [-0.15, -0.1) is 12.4 Å². The summed E-state index contributed by atoms with van der Waals surface area (Å²) >= 11 is 0. The molecule has 1 fully saturated rings. The molecule has 4 nitrogen and oxygen atoms in total. The second-order valence-corrected chi connectivity index (χ2v) is 4.39. The molecule has 3 amide bonds. The normalized spacial score (nSPS) is 15.2. The summed E-state index contributed by atoms with van der Waals surface area (Å²) in [5.41, 5.74) is 0.341.